The van der Waals surface area contributed by atoms with Crippen LogP contribution in [0.3, 0.4) is 0 Å². The summed E-state index contributed by atoms with van der Waals surface area (Å²) in [5.74, 6) is -1.74. The Labute approximate surface area is 201 Å². The molecule has 1 atom stereocenters. The monoisotopic (exact) mass is 479 g/mol. The number of hydrogen-bond donors (Lipinski definition) is 1. The molecule has 1 aromatic heterocycles. The summed E-state index contributed by atoms with van der Waals surface area (Å²) in [5.41, 5.74) is 3.54. The summed E-state index contributed by atoms with van der Waals surface area (Å²) >= 11 is 5.73. The minimum atomic E-state index is -0.649. The van der Waals surface area contributed by atoms with Gasteiger partial charge in [-0.3, -0.25) is 14.4 Å². The zero-order valence-corrected chi connectivity index (χ0v) is 19.5. The summed E-state index contributed by atoms with van der Waals surface area (Å²) in [6.45, 7) is 1.52. The molecule has 2 amide bonds. The van der Waals surface area contributed by atoms with E-state index in [1.54, 1.807) is 24.6 Å². The Balaban J connectivity index is 1.60. The number of fused-ring (bicyclic) bond motifs is 3. The van der Waals surface area contributed by atoms with Crippen molar-refractivity contribution >= 4 is 34.8 Å². The molecule has 0 radical (unpaired) electrons. The van der Waals surface area contributed by atoms with Crippen LogP contribution in [0.25, 0.3) is 11.3 Å². The van der Waals surface area contributed by atoms with Crippen molar-refractivity contribution in [2.24, 2.45) is 7.05 Å². The van der Waals surface area contributed by atoms with Crippen LogP contribution in [0.15, 0.2) is 53.3 Å². The predicted octanol–water partition coefficient (Wildman–Crippen LogP) is 4.81. The van der Waals surface area contributed by atoms with E-state index in [4.69, 9.17) is 11.6 Å². The van der Waals surface area contributed by atoms with Crippen LogP contribution in [-0.4, -0.2) is 22.9 Å². The largest absolute Gasteiger partial charge is 0.324 e. The van der Waals surface area contributed by atoms with E-state index in [2.05, 4.69) is 5.32 Å². The highest BCUT2D eigenvalue weighted by Crippen LogP contribution is 2.44. The predicted molar refractivity (Wildman–Crippen MR) is 130 cm³/mol. The van der Waals surface area contributed by atoms with E-state index in [1.165, 1.54) is 17.0 Å². The molecule has 2 heterocycles. The van der Waals surface area contributed by atoms with Gasteiger partial charge in [0, 0.05) is 23.9 Å². The number of carbonyl (C=O) groups is 2. The highest BCUT2D eigenvalue weighted by atomic mass is 35.5. The molecule has 0 bridgehead atoms. The fourth-order valence-corrected chi connectivity index (χ4v) is 4.73. The van der Waals surface area contributed by atoms with Gasteiger partial charge >= 0.3 is 0 Å². The second-order valence-electron chi connectivity index (χ2n) is 8.88. The molecule has 3 aromatic rings. The average Bonchev–Trinajstić information content (AvgIpc) is 3.66. The lowest BCUT2D eigenvalue weighted by Gasteiger charge is -2.26. The second kappa shape index (κ2) is 8.40. The molecule has 0 spiro atoms. The number of aromatic nitrogens is 1. The standard InChI is InChI=1S/C26H23ClFN3O3/c1-14-17-5-3-4-6-18(17)24-22(12-19(15-7-8-15)26(34)30(24)2)31(25(14)33)13-23(32)29-16-9-10-20(27)21(28)11-16/h3-6,9-12,14-15H,7-8,13H2,1-2H3,(H,29,32). The van der Waals surface area contributed by atoms with Gasteiger partial charge in [0.15, 0.2) is 0 Å². The SMILES string of the molecule is CC1C(=O)N(CC(=O)Nc2ccc(Cl)c(F)c2)c2cc(C3CC3)c(=O)n(C)c2-c2ccccc21. The van der Waals surface area contributed by atoms with E-state index in [1.807, 2.05) is 24.3 Å². The molecule has 1 unspecified atom stereocenters. The summed E-state index contributed by atoms with van der Waals surface area (Å²) < 4.78 is 15.4. The molecule has 1 N–H and O–H groups in total. The average molecular weight is 480 g/mol. The van der Waals surface area contributed by atoms with Gasteiger partial charge in [0.25, 0.3) is 5.56 Å². The first-order chi connectivity index (χ1) is 16.3. The Morgan fingerprint density at radius 1 is 1.12 bits per heavy atom. The molecule has 174 valence electrons. The third-order valence-corrected chi connectivity index (χ3v) is 6.86. The summed E-state index contributed by atoms with van der Waals surface area (Å²) in [7, 11) is 1.71. The van der Waals surface area contributed by atoms with Crippen LogP contribution < -0.4 is 15.8 Å². The van der Waals surface area contributed by atoms with E-state index in [9.17, 15) is 18.8 Å². The zero-order valence-electron chi connectivity index (χ0n) is 18.8. The first kappa shape index (κ1) is 22.3. The van der Waals surface area contributed by atoms with Gasteiger partial charge in [0.1, 0.15) is 12.4 Å². The third kappa shape index (κ3) is 3.80. The lowest BCUT2D eigenvalue weighted by Crippen LogP contribution is -2.40. The fourth-order valence-electron chi connectivity index (χ4n) is 4.61. The fraction of sp³-hybridized carbons (Fsp3) is 0.269. The number of pyridine rings is 1. The molecule has 8 heteroatoms. The molecule has 1 fully saturated rings. The molecule has 2 aromatic carbocycles. The van der Waals surface area contributed by atoms with Crippen molar-refractivity contribution in [3.8, 4) is 11.3 Å². The number of nitrogens with one attached hydrogen (secondary N) is 1. The highest BCUT2D eigenvalue weighted by molar-refractivity contribution is 6.30. The Bertz CT molecular complexity index is 1400. The summed E-state index contributed by atoms with van der Waals surface area (Å²) in [6.07, 6.45) is 1.86. The highest BCUT2D eigenvalue weighted by Gasteiger charge is 2.36. The first-order valence-electron chi connectivity index (χ1n) is 11.2. The van der Waals surface area contributed by atoms with Gasteiger partial charge in [-0.25, -0.2) is 4.39 Å². The number of benzene rings is 2. The number of amides is 2. The number of rotatable bonds is 4. The Hall–Kier alpha value is -3.45. The lowest BCUT2D eigenvalue weighted by molar-refractivity contribution is -0.122. The number of anilines is 2. The number of nitrogens with zero attached hydrogens (tertiary/aromatic N) is 2. The van der Waals surface area contributed by atoms with Crippen LogP contribution in [0.2, 0.25) is 5.02 Å². The van der Waals surface area contributed by atoms with Crippen LogP contribution in [0.1, 0.15) is 42.7 Å². The zero-order chi connectivity index (χ0) is 24.1. The van der Waals surface area contributed by atoms with E-state index in [-0.39, 0.29) is 34.6 Å². The van der Waals surface area contributed by atoms with Crippen molar-refractivity contribution in [2.75, 3.05) is 16.8 Å². The third-order valence-electron chi connectivity index (χ3n) is 6.55. The van der Waals surface area contributed by atoms with Crippen molar-refractivity contribution in [3.05, 3.63) is 80.9 Å². The van der Waals surface area contributed by atoms with E-state index in [0.29, 0.717) is 16.9 Å². The molecule has 1 saturated carbocycles. The summed E-state index contributed by atoms with van der Waals surface area (Å²) in [6, 6.07) is 13.3. The van der Waals surface area contributed by atoms with Crippen LogP contribution in [0.5, 0.6) is 0 Å². The molecule has 1 aliphatic heterocycles. The Morgan fingerprint density at radius 3 is 2.56 bits per heavy atom. The van der Waals surface area contributed by atoms with Crippen molar-refractivity contribution < 1.29 is 14.0 Å². The van der Waals surface area contributed by atoms with Crippen LogP contribution in [0.4, 0.5) is 15.8 Å². The maximum Gasteiger partial charge on any atom is 0.254 e. The summed E-state index contributed by atoms with van der Waals surface area (Å²) in [4.78, 5) is 41.2. The van der Waals surface area contributed by atoms with Crippen molar-refractivity contribution in [1.29, 1.82) is 0 Å². The van der Waals surface area contributed by atoms with Crippen molar-refractivity contribution in [2.45, 2.75) is 31.6 Å². The van der Waals surface area contributed by atoms with Crippen molar-refractivity contribution in [3.63, 3.8) is 0 Å². The minimum absolute atomic E-state index is 0.0465. The van der Waals surface area contributed by atoms with E-state index in [0.717, 1.165) is 30.0 Å². The van der Waals surface area contributed by atoms with Crippen LogP contribution in [-0.2, 0) is 16.6 Å². The molecule has 2 aliphatic rings. The number of carbonyl (C=O) groups excluding carboxylic acids is 2. The number of halogens is 2. The van der Waals surface area contributed by atoms with Gasteiger partial charge in [0.05, 0.1) is 22.3 Å². The van der Waals surface area contributed by atoms with Gasteiger partial charge in [-0.1, -0.05) is 35.9 Å². The molecular weight excluding hydrogens is 457 g/mol. The molecule has 6 nitrogen and oxygen atoms in total. The normalized spacial score (nSPS) is 17.1. The topological polar surface area (TPSA) is 71.4 Å². The quantitative estimate of drug-likeness (QED) is 0.583. The van der Waals surface area contributed by atoms with Gasteiger partial charge in [-0.15, -0.1) is 0 Å². The van der Waals surface area contributed by atoms with Crippen LogP contribution >= 0.6 is 11.6 Å². The van der Waals surface area contributed by atoms with Crippen LogP contribution in [0, 0.1) is 5.82 Å². The Morgan fingerprint density at radius 2 is 1.85 bits per heavy atom. The van der Waals surface area contributed by atoms with Gasteiger partial charge < -0.3 is 14.8 Å². The number of hydrogen-bond acceptors (Lipinski definition) is 3. The van der Waals surface area contributed by atoms with Gasteiger partial charge in [-0.2, -0.15) is 0 Å². The maximum atomic E-state index is 13.8. The van der Waals surface area contributed by atoms with E-state index >= 15 is 0 Å². The maximum absolute atomic E-state index is 13.8. The second-order valence-corrected chi connectivity index (χ2v) is 9.29. The minimum Gasteiger partial charge on any atom is -0.324 e. The molecule has 1 aliphatic carbocycles. The van der Waals surface area contributed by atoms with Gasteiger partial charge in [0.2, 0.25) is 11.8 Å². The molecule has 5 rings (SSSR count). The molecule has 34 heavy (non-hydrogen) atoms. The van der Waals surface area contributed by atoms with E-state index < -0.39 is 17.6 Å². The molecular formula is C26H23ClFN3O3. The summed E-state index contributed by atoms with van der Waals surface area (Å²) in [5, 5.41) is 2.59. The lowest BCUT2D eigenvalue weighted by atomic mass is 9.94. The first-order valence-corrected chi connectivity index (χ1v) is 11.5. The smallest absolute Gasteiger partial charge is 0.254 e. The van der Waals surface area contributed by atoms with Gasteiger partial charge in [-0.05, 0) is 55.5 Å². The Kier molecular flexibility index (Phi) is 5.52. The molecule has 0 saturated heterocycles. The van der Waals surface area contributed by atoms with Crippen molar-refractivity contribution in [1.82, 2.24) is 4.57 Å².